The van der Waals surface area contributed by atoms with E-state index in [0.717, 1.165) is 23.6 Å². The highest BCUT2D eigenvalue weighted by Crippen LogP contribution is 2.21. The normalized spacial score (nSPS) is 15.2. The molecule has 0 saturated heterocycles. The van der Waals surface area contributed by atoms with Gasteiger partial charge in [-0.15, -0.1) is 0 Å². The van der Waals surface area contributed by atoms with Gasteiger partial charge in [-0.05, 0) is 25.0 Å². The summed E-state index contributed by atoms with van der Waals surface area (Å²) in [6, 6.07) is 6.50. The van der Waals surface area contributed by atoms with Crippen molar-refractivity contribution in [2.75, 3.05) is 0 Å². The molecule has 0 aromatic carbocycles. The first-order valence-electron chi connectivity index (χ1n) is 5.51. The molecule has 16 heavy (non-hydrogen) atoms. The number of pyridine rings is 1. The van der Waals surface area contributed by atoms with Gasteiger partial charge in [-0.1, -0.05) is 5.16 Å². The molecule has 4 heteroatoms. The third kappa shape index (κ3) is 2.12. The lowest BCUT2D eigenvalue weighted by Crippen LogP contribution is -2.15. The van der Waals surface area contributed by atoms with Crippen LogP contribution in [0.5, 0.6) is 0 Å². The van der Waals surface area contributed by atoms with Crippen molar-refractivity contribution in [2.24, 2.45) is 0 Å². The molecular formula is C12H13N3O. The summed E-state index contributed by atoms with van der Waals surface area (Å²) in [5.74, 6) is 0.801. The number of nitrogens with one attached hydrogen (secondary N) is 1. The first-order valence-corrected chi connectivity index (χ1v) is 5.51. The topological polar surface area (TPSA) is 51.0 Å². The van der Waals surface area contributed by atoms with E-state index < -0.39 is 0 Å². The first kappa shape index (κ1) is 9.54. The van der Waals surface area contributed by atoms with Crippen molar-refractivity contribution in [3.63, 3.8) is 0 Å². The molecule has 1 aliphatic carbocycles. The van der Waals surface area contributed by atoms with Crippen LogP contribution in [0.2, 0.25) is 0 Å². The molecule has 3 rings (SSSR count). The van der Waals surface area contributed by atoms with Crippen LogP contribution in [0.3, 0.4) is 0 Å². The summed E-state index contributed by atoms with van der Waals surface area (Å²) in [7, 11) is 0. The molecule has 0 aliphatic heterocycles. The Kier molecular flexibility index (Phi) is 2.42. The highest BCUT2D eigenvalue weighted by Gasteiger charge is 2.20. The lowest BCUT2D eigenvalue weighted by atomic mass is 10.2. The van der Waals surface area contributed by atoms with Gasteiger partial charge in [0.25, 0.3) is 0 Å². The van der Waals surface area contributed by atoms with Crippen LogP contribution in [0.25, 0.3) is 11.3 Å². The van der Waals surface area contributed by atoms with Crippen LogP contribution in [0.1, 0.15) is 18.5 Å². The summed E-state index contributed by atoms with van der Waals surface area (Å²) >= 11 is 0. The van der Waals surface area contributed by atoms with Crippen LogP contribution in [-0.4, -0.2) is 16.2 Å². The van der Waals surface area contributed by atoms with Crippen molar-refractivity contribution in [3.8, 4) is 11.3 Å². The lowest BCUT2D eigenvalue weighted by Gasteiger charge is -1.95. The monoisotopic (exact) mass is 215 g/mol. The summed E-state index contributed by atoms with van der Waals surface area (Å²) in [5, 5.41) is 7.44. The van der Waals surface area contributed by atoms with Gasteiger partial charge in [-0.3, -0.25) is 4.98 Å². The molecule has 1 saturated carbocycles. The molecule has 2 aromatic rings. The lowest BCUT2D eigenvalue weighted by molar-refractivity contribution is 0.420. The van der Waals surface area contributed by atoms with Crippen molar-refractivity contribution < 1.29 is 4.52 Å². The minimum Gasteiger partial charge on any atom is -0.356 e. The van der Waals surface area contributed by atoms with E-state index in [2.05, 4.69) is 15.5 Å². The molecule has 0 unspecified atom stereocenters. The number of rotatable bonds is 4. The summed E-state index contributed by atoms with van der Waals surface area (Å²) in [5.41, 5.74) is 1.97. The molecule has 1 aliphatic rings. The Morgan fingerprint density at radius 2 is 2.12 bits per heavy atom. The highest BCUT2D eigenvalue weighted by atomic mass is 16.5. The Balaban J connectivity index is 1.71. The zero-order chi connectivity index (χ0) is 10.8. The van der Waals surface area contributed by atoms with Crippen LogP contribution >= 0.6 is 0 Å². The molecule has 2 aromatic heterocycles. The van der Waals surface area contributed by atoms with E-state index in [0.29, 0.717) is 6.04 Å². The summed E-state index contributed by atoms with van der Waals surface area (Å²) in [6.45, 7) is 0.791. The minimum atomic E-state index is 0.695. The zero-order valence-corrected chi connectivity index (χ0v) is 8.89. The molecule has 0 amide bonds. The maximum absolute atomic E-state index is 5.29. The van der Waals surface area contributed by atoms with Gasteiger partial charge in [0.2, 0.25) is 0 Å². The van der Waals surface area contributed by atoms with E-state index in [1.807, 2.05) is 18.2 Å². The van der Waals surface area contributed by atoms with E-state index in [1.165, 1.54) is 12.8 Å². The predicted octanol–water partition coefficient (Wildman–Crippen LogP) is 1.99. The molecule has 4 nitrogen and oxygen atoms in total. The minimum absolute atomic E-state index is 0.695. The SMILES string of the molecule is c1cc(-c2cc(CNC3CC3)no2)ccn1. The second kappa shape index (κ2) is 4.06. The number of nitrogens with zero attached hydrogens (tertiary/aromatic N) is 2. The highest BCUT2D eigenvalue weighted by molar-refractivity contribution is 5.56. The fourth-order valence-corrected chi connectivity index (χ4v) is 1.58. The maximum atomic E-state index is 5.29. The van der Waals surface area contributed by atoms with Gasteiger partial charge >= 0.3 is 0 Å². The number of aromatic nitrogens is 2. The van der Waals surface area contributed by atoms with Crippen LogP contribution < -0.4 is 5.32 Å². The average Bonchev–Trinajstić information content (AvgIpc) is 3.05. The van der Waals surface area contributed by atoms with E-state index in [9.17, 15) is 0 Å². The smallest absolute Gasteiger partial charge is 0.167 e. The fraction of sp³-hybridized carbons (Fsp3) is 0.333. The van der Waals surface area contributed by atoms with Crippen LogP contribution in [-0.2, 0) is 6.54 Å². The summed E-state index contributed by atoms with van der Waals surface area (Å²) in [6.07, 6.45) is 6.07. The molecule has 1 fully saturated rings. The molecule has 2 heterocycles. The molecular weight excluding hydrogens is 202 g/mol. The van der Waals surface area contributed by atoms with Gasteiger partial charge < -0.3 is 9.84 Å². The van der Waals surface area contributed by atoms with Gasteiger partial charge in [0, 0.05) is 36.6 Å². The van der Waals surface area contributed by atoms with Crippen molar-refractivity contribution in [3.05, 3.63) is 36.3 Å². The van der Waals surface area contributed by atoms with E-state index in [-0.39, 0.29) is 0 Å². The molecule has 82 valence electrons. The van der Waals surface area contributed by atoms with Crippen molar-refractivity contribution in [2.45, 2.75) is 25.4 Å². The quantitative estimate of drug-likeness (QED) is 0.847. The van der Waals surface area contributed by atoms with Crippen molar-refractivity contribution >= 4 is 0 Å². The predicted molar refractivity (Wildman–Crippen MR) is 59.6 cm³/mol. The van der Waals surface area contributed by atoms with Crippen LogP contribution in [0.15, 0.2) is 35.1 Å². The second-order valence-corrected chi connectivity index (χ2v) is 4.07. The third-order valence-corrected chi connectivity index (χ3v) is 2.67. The Morgan fingerprint density at radius 1 is 1.31 bits per heavy atom. The first-order chi connectivity index (χ1) is 7.92. The molecule has 1 N–H and O–H groups in total. The Labute approximate surface area is 93.7 Å². The maximum Gasteiger partial charge on any atom is 0.167 e. The fourth-order valence-electron chi connectivity index (χ4n) is 1.58. The van der Waals surface area contributed by atoms with Gasteiger partial charge in [-0.2, -0.15) is 0 Å². The molecule has 0 spiro atoms. The van der Waals surface area contributed by atoms with Gasteiger partial charge in [0.05, 0.1) is 5.69 Å². The Morgan fingerprint density at radius 3 is 2.88 bits per heavy atom. The van der Waals surface area contributed by atoms with Gasteiger partial charge in [-0.25, -0.2) is 0 Å². The molecule has 0 bridgehead atoms. The van der Waals surface area contributed by atoms with Gasteiger partial charge in [0.1, 0.15) is 0 Å². The summed E-state index contributed by atoms with van der Waals surface area (Å²) < 4.78 is 5.29. The van der Waals surface area contributed by atoms with E-state index >= 15 is 0 Å². The Hall–Kier alpha value is -1.68. The van der Waals surface area contributed by atoms with Crippen molar-refractivity contribution in [1.82, 2.24) is 15.5 Å². The Bertz CT molecular complexity index is 462. The summed E-state index contributed by atoms with van der Waals surface area (Å²) in [4.78, 5) is 3.97. The average molecular weight is 215 g/mol. The zero-order valence-electron chi connectivity index (χ0n) is 8.89. The van der Waals surface area contributed by atoms with E-state index in [1.54, 1.807) is 12.4 Å². The molecule has 0 radical (unpaired) electrons. The largest absolute Gasteiger partial charge is 0.356 e. The van der Waals surface area contributed by atoms with Gasteiger partial charge in [0.15, 0.2) is 5.76 Å². The van der Waals surface area contributed by atoms with Crippen LogP contribution in [0.4, 0.5) is 0 Å². The standard InChI is InChI=1S/C12H13N3O/c1-2-10(1)14-8-11-7-12(16-15-11)9-3-5-13-6-4-9/h3-7,10,14H,1-2,8H2. The third-order valence-electron chi connectivity index (χ3n) is 2.67. The second-order valence-electron chi connectivity index (χ2n) is 4.07. The van der Waals surface area contributed by atoms with Crippen molar-refractivity contribution in [1.29, 1.82) is 0 Å². The molecule has 0 atom stereocenters. The van der Waals surface area contributed by atoms with E-state index in [4.69, 9.17) is 4.52 Å². The van der Waals surface area contributed by atoms with Crippen LogP contribution in [0, 0.1) is 0 Å². The number of hydrogen-bond donors (Lipinski definition) is 1. The number of hydrogen-bond acceptors (Lipinski definition) is 4.